The molecule has 8 rings (SSSR count). The summed E-state index contributed by atoms with van der Waals surface area (Å²) >= 11 is 0. The quantitative estimate of drug-likeness (QED) is 0.225. The third kappa shape index (κ3) is 4.27. The molecule has 0 N–H and O–H groups in total. The van der Waals surface area contributed by atoms with E-state index in [9.17, 15) is 0 Å². The second-order valence-electron chi connectivity index (χ2n) is 10.3. The highest BCUT2D eigenvalue weighted by Gasteiger charge is 2.16. The Morgan fingerprint density at radius 2 is 0.857 bits per heavy atom. The van der Waals surface area contributed by atoms with Gasteiger partial charge < -0.3 is 0 Å². The van der Waals surface area contributed by atoms with E-state index in [0.717, 1.165) is 60.4 Å². The monoisotopic (exact) mass is 536 g/mol. The van der Waals surface area contributed by atoms with Crippen LogP contribution in [0.15, 0.2) is 146 Å². The molecular formula is C38H24N4. The van der Waals surface area contributed by atoms with Gasteiger partial charge in [0.25, 0.3) is 0 Å². The second kappa shape index (κ2) is 10.0. The first-order valence-electron chi connectivity index (χ1n) is 14.0. The Kier molecular flexibility index (Phi) is 5.75. The van der Waals surface area contributed by atoms with E-state index < -0.39 is 0 Å². The summed E-state index contributed by atoms with van der Waals surface area (Å²) in [7, 11) is 0. The topological polar surface area (TPSA) is 51.6 Å². The Bertz CT molecular complexity index is 2160. The highest BCUT2D eigenvalue weighted by atomic mass is 15.0. The number of nitrogens with zero attached hydrogens (tertiary/aromatic N) is 4. The Labute approximate surface area is 243 Å². The van der Waals surface area contributed by atoms with Crippen LogP contribution in [0.4, 0.5) is 0 Å². The van der Waals surface area contributed by atoms with Gasteiger partial charge in [0.2, 0.25) is 0 Å². The first-order chi connectivity index (χ1) is 20.8. The van der Waals surface area contributed by atoms with Crippen LogP contribution in [0.25, 0.3) is 77.9 Å². The molecule has 6 aromatic carbocycles. The van der Waals surface area contributed by atoms with Crippen LogP contribution in [-0.4, -0.2) is 19.9 Å². The standard InChI is InChI=1S/C38H24N4/c1-4-17-30-25(10-1)13-8-19-32(30)37-40-36(41-38(42-37)33-20-9-14-26-11-2-5-18-31(26)33)29-16-7-15-28(24-29)35-23-22-27-12-3-6-21-34(27)39-35/h1-24H. The summed E-state index contributed by atoms with van der Waals surface area (Å²) in [5, 5.41) is 5.63. The fraction of sp³-hybridized carbons (Fsp3) is 0. The van der Waals surface area contributed by atoms with Gasteiger partial charge in [-0.05, 0) is 39.7 Å². The van der Waals surface area contributed by atoms with E-state index in [-0.39, 0.29) is 0 Å². The Balaban J connectivity index is 1.34. The molecule has 8 aromatic rings. The molecule has 2 aromatic heterocycles. The van der Waals surface area contributed by atoms with E-state index in [1.165, 1.54) is 0 Å². The zero-order chi connectivity index (χ0) is 27.9. The summed E-state index contributed by atoms with van der Waals surface area (Å²) in [6.45, 7) is 0. The summed E-state index contributed by atoms with van der Waals surface area (Å²) in [5.41, 5.74) is 5.76. The van der Waals surface area contributed by atoms with Crippen molar-refractivity contribution in [3.8, 4) is 45.4 Å². The number of pyridine rings is 1. The van der Waals surface area contributed by atoms with Gasteiger partial charge in [0.15, 0.2) is 17.5 Å². The van der Waals surface area contributed by atoms with Crippen LogP contribution in [0, 0.1) is 0 Å². The van der Waals surface area contributed by atoms with Gasteiger partial charge in [-0.3, -0.25) is 0 Å². The lowest BCUT2D eigenvalue weighted by atomic mass is 10.0. The minimum absolute atomic E-state index is 0.624. The maximum absolute atomic E-state index is 5.08. The van der Waals surface area contributed by atoms with E-state index in [1.807, 2.05) is 24.3 Å². The average Bonchev–Trinajstić information content (AvgIpc) is 3.07. The maximum atomic E-state index is 5.08. The summed E-state index contributed by atoms with van der Waals surface area (Å²) in [5.74, 6) is 1.92. The maximum Gasteiger partial charge on any atom is 0.164 e. The lowest BCUT2D eigenvalue weighted by molar-refractivity contribution is 1.08. The lowest BCUT2D eigenvalue weighted by Gasteiger charge is -2.12. The first-order valence-corrected chi connectivity index (χ1v) is 14.0. The Morgan fingerprint density at radius 1 is 0.333 bits per heavy atom. The third-order valence-corrected chi connectivity index (χ3v) is 7.71. The fourth-order valence-electron chi connectivity index (χ4n) is 5.63. The SMILES string of the molecule is c1cc(-c2ccc3ccccc3n2)cc(-c2nc(-c3cccc4ccccc34)nc(-c3cccc4ccccc34)n2)c1. The van der Waals surface area contributed by atoms with Gasteiger partial charge in [0, 0.05) is 27.6 Å². The molecule has 0 amide bonds. The van der Waals surface area contributed by atoms with Gasteiger partial charge in [-0.2, -0.15) is 0 Å². The molecule has 0 radical (unpaired) electrons. The zero-order valence-corrected chi connectivity index (χ0v) is 22.6. The summed E-state index contributed by atoms with van der Waals surface area (Å²) < 4.78 is 0. The number of rotatable bonds is 4. The van der Waals surface area contributed by atoms with Crippen molar-refractivity contribution in [3.63, 3.8) is 0 Å². The highest BCUT2D eigenvalue weighted by Crippen LogP contribution is 2.33. The summed E-state index contributed by atoms with van der Waals surface area (Å²) in [4.78, 5) is 20.1. The number of benzene rings is 6. The predicted octanol–water partition coefficient (Wildman–Crippen LogP) is 9.39. The van der Waals surface area contributed by atoms with Crippen molar-refractivity contribution in [2.45, 2.75) is 0 Å². The summed E-state index contributed by atoms with van der Waals surface area (Å²) in [6, 6.07) is 49.9. The molecule has 2 heterocycles. The number of fused-ring (bicyclic) bond motifs is 3. The van der Waals surface area contributed by atoms with Crippen molar-refractivity contribution in [1.82, 2.24) is 19.9 Å². The summed E-state index contributed by atoms with van der Waals surface area (Å²) in [6.07, 6.45) is 0. The van der Waals surface area contributed by atoms with E-state index >= 15 is 0 Å². The molecule has 0 aliphatic heterocycles. The molecule has 0 atom stereocenters. The smallest absolute Gasteiger partial charge is 0.164 e. The van der Waals surface area contributed by atoms with Crippen molar-refractivity contribution >= 4 is 32.4 Å². The van der Waals surface area contributed by atoms with E-state index in [4.69, 9.17) is 19.9 Å². The largest absolute Gasteiger partial charge is 0.248 e. The Morgan fingerprint density at radius 3 is 1.55 bits per heavy atom. The third-order valence-electron chi connectivity index (χ3n) is 7.71. The van der Waals surface area contributed by atoms with Gasteiger partial charge in [-0.15, -0.1) is 0 Å². The van der Waals surface area contributed by atoms with Gasteiger partial charge >= 0.3 is 0 Å². The highest BCUT2D eigenvalue weighted by molar-refractivity contribution is 5.97. The van der Waals surface area contributed by atoms with Crippen LogP contribution < -0.4 is 0 Å². The van der Waals surface area contributed by atoms with Gasteiger partial charge in [0.1, 0.15) is 0 Å². The van der Waals surface area contributed by atoms with Crippen LogP contribution in [-0.2, 0) is 0 Å². The average molecular weight is 537 g/mol. The molecule has 0 bridgehead atoms. The van der Waals surface area contributed by atoms with Crippen molar-refractivity contribution in [2.75, 3.05) is 0 Å². The van der Waals surface area contributed by atoms with Gasteiger partial charge in [-0.1, -0.05) is 127 Å². The molecular weight excluding hydrogens is 512 g/mol. The molecule has 0 saturated carbocycles. The van der Waals surface area contributed by atoms with Crippen LogP contribution >= 0.6 is 0 Å². The van der Waals surface area contributed by atoms with Crippen molar-refractivity contribution in [3.05, 3.63) is 146 Å². The van der Waals surface area contributed by atoms with Crippen LogP contribution in [0.2, 0.25) is 0 Å². The number of para-hydroxylation sites is 1. The molecule has 196 valence electrons. The molecule has 0 aliphatic carbocycles. The van der Waals surface area contributed by atoms with E-state index in [0.29, 0.717) is 17.5 Å². The predicted molar refractivity (Wildman–Crippen MR) is 172 cm³/mol. The minimum atomic E-state index is 0.624. The fourth-order valence-corrected chi connectivity index (χ4v) is 5.63. The lowest BCUT2D eigenvalue weighted by Crippen LogP contribution is -2.01. The first kappa shape index (κ1) is 24.1. The van der Waals surface area contributed by atoms with Crippen molar-refractivity contribution in [2.24, 2.45) is 0 Å². The molecule has 0 fully saturated rings. The van der Waals surface area contributed by atoms with Crippen molar-refractivity contribution < 1.29 is 0 Å². The van der Waals surface area contributed by atoms with Crippen molar-refractivity contribution in [1.29, 1.82) is 0 Å². The van der Waals surface area contributed by atoms with Gasteiger partial charge in [-0.25, -0.2) is 19.9 Å². The minimum Gasteiger partial charge on any atom is -0.248 e. The Hall–Kier alpha value is -5.74. The second-order valence-corrected chi connectivity index (χ2v) is 10.3. The molecule has 0 aliphatic rings. The van der Waals surface area contributed by atoms with E-state index in [2.05, 4.69) is 121 Å². The number of aromatic nitrogens is 4. The number of hydrogen-bond acceptors (Lipinski definition) is 4. The number of hydrogen-bond donors (Lipinski definition) is 0. The van der Waals surface area contributed by atoms with Crippen LogP contribution in [0.3, 0.4) is 0 Å². The normalized spacial score (nSPS) is 11.3. The molecule has 4 heteroatoms. The van der Waals surface area contributed by atoms with Crippen LogP contribution in [0.1, 0.15) is 0 Å². The zero-order valence-electron chi connectivity index (χ0n) is 22.6. The molecule has 4 nitrogen and oxygen atoms in total. The van der Waals surface area contributed by atoms with E-state index in [1.54, 1.807) is 0 Å². The molecule has 42 heavy (non-hydrogen) atoms. The molecule has 0 unspecified atom stereocenters. The molecule has 0 spiro atoms. The van der Waals surface area contributed by atoms with Gasteiger partial charge in [0.05, 0.1) is 11.2 Å². The van der Waals surface area contributed by atoms with Crippen LogP contribution in [0.5, 0.6) is 0 Å². The molecule has 0 saturated heterocycles.